The summed E-state index contributed by atoms with van der Waals surface area (Å²) >= 11 is 0. The van der Waals surface area contributed by atoms with Crippen molar-refractivity contribution in [2.75, 3.05) is 42.9 Å². The second kappa shape index (κ2) is 10.3. The predicted molar refractivity (Wildman–Crippen MR) is 122 cm³/mol. The highest BCUT2D eigenvalue weighted by Gasteiger charge is 2.19. The zero-order chi connectivity index (χ0) is 21.5. The first-order valence-corrected chi connectivity index (χ1v) is 10.7. The lowest BCUT2D eigenvalue weighted by Crippen LogP contribution is -2.48. The highest BCUT2D eigenvalue weighted by Crippen LogP contribution is 2.18. The molecule has 30 heavy (non-hydrogen) atoms. The summed E-state index contributed by atoms with van der Waals surface area (Å²) in [7, 11) is 0. The van der Waals surface area contributed by atoms with Crippen molar-refractivity contribution in [1.82, 2.24) is 10.2 Å². The molecule has 0 aliphatic carbocycles. The van der Waals surface area contributed by atoms with E-state index in [0.717, 1.165) is 43.9 Å². The molecule has 0 saturated carbocycles. The van der Waals surface area contributed by atoms with E-state index in [1.807, 2.05) is 48.5 Å². The van der Waals surface area contributed by atoms with Gasteiger partial charge in [0.25, 0.3) is 5.91 Å². The molecule has 1 fully saturated rings. The summed E-state index contributed by atoms with van der Waals surface area (Å²) in [6.45, 7) is 10.7. The van der Waals surface area contributed by atoms with Crippen LogP contribution in [0.1, 0.15) is 36.7 Å². The molecule has 1 saturated heterocycles. The van der Waals surface area contributed by atoms with Crippen LogP contribution < -0.4 is 15.5 Å². The molecule has 0 spiro atoms. The highest BCUT2D eigenvalue weighted by molar-refractivity contribution is 5.94. The summed E-state index contributed by atoms with van der Waals surface area (Å²) in [6, 6.07) is 16.2. The number of piperazine rings is 1. The molecule has 2 amide bonds. The number of hydrogen-bond donors (Lipinski definition) is 2. The smallest absolute Gasteiger partial charge is 0.251 e. The normalized spacial score (nSPS) is 14.6. The molecular weight excluding hydrogens is 376 g/mol. The maximum absolute atomic E-state index is 12.4. The topological polar surface area (TPSA) is 64.7 Å². The fourth-order valence-corrected chi connectivity index (χ4v) is 3.70. The second-order valence-electron chi connectivity index (χ2n) is 8.05. The summed E-state index contributed by atoms with van der Waals surface area (Å²) in [4.78, 5) is 28.4. The predicted octanol–water partition coefficient (Wildman–Crippen LogP) is 3.15. The maximum Gasteiger partial charge on any atom is 0.251 e. The Bertz CT molecular complexity index is 839. The SMILES string of the molecule is CC(=O)Nc1ccc(CCNC(=O)c2ccc(N3CCN(C(C)C)CC3)cc2)cc1. The molecule has 0 atom stereocenters. The van der Waals surface area contributed by atoms with Crippen molar-refractivity contribution in [3.05, 3.63) is 59.7 Å². The largest absolute Gasteiger partial charge is 0.369 e. The number of benzene rings is 2. The quantitative estimate of drug-likeness (QED) is 0.739. The summed E-state index contributed by atoms with van der Waals surface area (Å²) in [5, 5.41) is 5.73. The van der Waals surface area contributed by atoms with E-state index in [9.17, 15) is 9.59 Å². The molecule has 160 valence electrons. The average Bonchev–Trinajstić information content (AvgIpc) is 2.75. The van der Waals surface area contributed by atoms with Gasteiger partial charge in [0.2, 0.25) is 5.91 Å². The number of amides is 2. The van der Waals surface area contributed by atoms with Gasteiger partial charge in [0.15, 0.2) is 0 Å². The molecule has 0 aromatic heterocycles. The minimum absolute atomic E-state index is 0.0546. The number of carbonyl (C=O) groups is 2. The highest BCUT2D eigenvalue weighted by atomic mass is 16.2. The minimum Gasteiger partial charge on any atom is -0.369 e. The van der Waals surface area contributed by atoms with Gasteiger partial charge in [-0.2, -0.15) is 0 Å². The number of nitrogens with one attached hydrogen (secondary N) is 2. The van der Waals surface area contributed by atoms with E-state index in [0.29, 0.717) is 18.2 Å². The molecule has 1 aliphatic rings. The average molecular weight is 409 g/mol. The fourth-order valence-electron chi connectivity index (χ4n) is 3.70. The van der Waals surface area contributed by atoms with Crippen LogP contribution in [0.25, 0.3) is 0 Å². The third kappa shape index (κ3) is 6.07. The Morgan fingerprint density at radius 1 is 0.933 bits per heavy atom. The van der Waals surface area contributed by atoms with Crippen molar-refractivity contribution in [2.24, 2.45) is 0 Å². The molecule has 2 aromatic rings. The van der Waals surface area contributed by atoms with Crippen molar-refractivity contribution in [2.45, 2.75) is 33.2 Å². The first-order chi connectivity index (χ1) is 14.4. The zero-order valence-electron chi connectivity index (χ0n) is 18.1. The van der Waals surface area contributed by atoms with Gasteiger partial charge in [0, 0.05) is 62.6 Å². The third-order valence-corrected chi connectivity index (χ3v) is 5.51. The number of nitrogens with zero attached hydrogens (tertiary/aromatic N) is 2. The lowest BCUT2D eigenvalue weighted by molar-refractivity contribution is -0.114. The molecule has 0 unspecified atom stereocenters. The van der Waals surface area contributed by atoms with Gasteiger partial charge in [-0.05, 0) is 62.2 Å². The summed E-state index contributed by atoms with van der Waals surface area (Å²) in [5.41, 5.74) is 3.75. The van der Waals surface area contributed by atoms with Crippen LogP contribution in [0.3, 0.4) is 0 Å². The Labute approximate surface area is 179 Å². The first-order valence-electron chi connectivity index (χ1n) is 10.7. The second-order valence-corrected chi connectivity index (χ2v) is 8.05. The molecule has 0 radical (unpaired) electrons. The van der Waals surface area contributed by atoms with Crippen LogP contribution in [0, 0.1) is 0 Å². The lowest BCUT2D eigenvalue weighted by Gasteiger charge is -2.38. The molecule has 2 N–H and O–H groups in total. The molecule has 0 bridgehead atoms. The summed E-state index contributed by atoms with van der Waals surface area (Å²) < 4.78 is 0. The maximum atomic E-state index is 12.4. The number of carbonyl (C=O) groups excluding carboxylic acids is 2. The van der Waals surface area contributed by atoms with Gasteiger partial charge in [0.1, 0.15) is 0 Å². The number of rotatable bonds is 7. The third-order valence-electron chi connectivity index (χ3n) is 5.51. The first kappa shape index (κ1) is 21.8. The van der Waals surface area contributed by atoms with Crippen molar-refractivity contribution < 1.29 is 9.59 Å². The molecule has 3 rings (SSSR count). The van der Waals surface area contributed by atoms with E-state index in [-0.39, 0.29) is 11.8 Å². The minimum atomic E-state index is -0.0844. The van der Waals surface area contributed by atoms with Crippen LogP contribution in [-0.2, 0) is 11.2 Å². The van der Waals surface area contributed by atoms with Gasteiger partial charge in [-0.3, -0.25) is 14.5 Å². The van der Waals surface area contributed by atoms with Crippen LogP contribution in [0.2, 0.25) is 0 Å². The van der Waals surface area contributed by atoms with Crippen molar-refractivity contribution in [3.8, 4) is 0 Å². The van der Waals surface area contributed by atoms with Crippen molar-refractivity contribution in [1.29, 1.82) is 0 Å². The van der Waals surface area contributed by atoms with Gasteiger partial charge >= 0.3 is 0 Å². The lowest BCUT2D eigenvalue weighted by atomic mass is 10.1. The molecule has 2 aromatic carbocycles. The van der Waals surface area contributed by atoms with Crippen LogP contribution in [0.15, 0.2) is 48.5 Å². The van der Waals surface area contributed by atoms with Crippen LogP contribution >= 0.6 is 0 Å². The molecule has 6 nitrogen and oxygen atoms in total. The van der Waals surface area contributed by atoms with Gasteiger partial charge in [-0.15, -0.1) is 0 Å². The number of anilines is 2. The van der Waals surface area contributed by atoms with Gasteiger partial charge in [-0.1, -0.05) is 12.1 Å². The van der Waals surface area contributed by atoms with Crippen LogP contribution in [0.5, 0.6) is 0 Å². The fraction of sp³-hybridized carbons (Fsp3) is 0.417. The Morgan fingerprint density at radius 2 is 1.57 bits per heavy atom. The van der Waals surface area contributed by atoms with Gasteiger partial charge < -0.3 is 15.5 Å². The van der Waals surface area contributed by atoms with E-state index in [1.54, 1.807) is 0 Å². The van der Waals surface area contributed by atoms with E-state index >= 15 is 0 Å². The summed E-state index contributed by atoms with van der Waals surface area (Å²) in [6.07, 6.45) is 0.740. The standard InChI is InChI=1S/C24H32N4O2/c1-18(2)27-14-16-28(17-15-27)23-10-6-21(7-11-23)24(30)25-13-12-20-4-8-22(9-5-20)26-19(3)29/h4-11,18H,12-17H2,1-3H3,(H,25,30)(H,26,29). The number of hydrogen-bond acceptors (Lipinski definition) is 4. The van der Waals surface area contributed by atoms with Crippen LogP contribution in [0.4, 0.5) is 11.4 Å². The van der Waals surface area contributed by atoms with Crippen molar-refractivity contribution >= 4 is 23.2 Å². The van der Waals surface area contributed by atoms with Crippen molar-refractivity contribution in [3.63, 3.8) is 0 Å². The Balaban J connectivity index is 1.45. The molecular formula is C24H32N4O2. The van der Waals surface area contributed by atoms with E-state index in [4.69, 9.17) is 0 Å². The summed E-state index contributed by atoms with van der Waals surface area (Å²) in [5.74, 6) is -0.139. The van der Waals surface area contributed by atoms with E-state index < -0.39 is 0 Å². The molecule has 6 heteroatoms. The molecule has 1 aliphatic heterocycles. The van der Waals surface area contributed by atoms with Gasteiger partial charge in [-0.25, -0.2) is 0 Å². The van der Waals surface area contributed by atoms with E-state index in [1.165, 1.54) is 12.6 Å². The Hall–Kier alpha value is -2.86. The Kier molecular flexibility index (Phi) is 7.46. The van der Waals surface area contributed by atoms with Crippen LogP contribution in [-0.4, -0.2) is 55.5 Å². The Morgan fingerprint density at radius 3 is 2.13 bits per heavy atom. The zero-order valence-corrected chi connectivity index (χ0v) is 18.1. The molecule has 1 heterocycles. The monoisotopic (exact) mass is 408 g/mol. The van der Waals surface area contributed by atoms with Gasteiger partial charge in [0.05, 0.1) is 0 Å². The van der Waals surface area contributed by atoms with E-state index in [2.05, 4.69) is 34.3 Å².